The SMILES string of the molecule is C1CNCCN1.CN[C@H]1C(O)O[C@H](CO)[C@@H](O)[C@@H]1O. The lowest BCUT2D eigenvalue weighted by Crippen LogP contribution is -2.62. The molecule has 8 heteroatoms. The summed E-state index contributed by atoms with van der Waals surface area (Å²) < 4.78 is 4.85. The monoisotopic (exact) mass is 279 g/mol. The van der Waals surface area contributed by atoms with Crippen molar-refractivity contribution in [3.63, 3.8) is 0 Å². The van der Waals surface area contributed by atoms with Crippen molar-refractivity contribution in [2.24, 2.45) is 0 Å². The minimum absolute atomic E-state index is 0.439. The molecule has 2 rings (SSSR count). The van der Waals surface area contributed by atoms with E-state index in [1.807, 2.05) is 0 Å². The first-order chi connectivity index (χ1) is 9.11. The molecule has 7 N–H and O–H groups in total. The van der Waals surface area contributed by atoms with Gasteiger partial charge in [0.25, 0.3) is 0 Å². The molecule has 0 aliphatic carbocycles. The molecule has 0 aromatic carbocycles. The van der Waals surface area contributed by atoms with E-state index >= 15 is 0 Å². The van der Waals surface area contributed by atoms with E-state index in [4.69, 9.17) is 9.84 Å². The highest BCUT2D eigenvalue weighted by Gasteiger charge is 2.42. The van der Waals surface area contributed by atoms with E-state index in [2.05, 4.69) is 16.0 Å². The van der Waals surface area contributed by atoms with Gasteiger partial charge in [-0.05, 0) is 7.05 Å². The van der Waals surface area contributed by atoms with Gasteiger partial charge >= 0.3 is 0 Å². The molecule has 0 spiro atoms. The number of ether oxygens (including phenoxy) is 1. The average molecular weight is 279 g/mol. The molecule has 0 aromatic rings. The number of likely N-dealkylation sites (N-methyl/N-ethyl adjacent to an activating group) is 1. The molecule has 2 aliphatic heterocycles. The Morgan fingerprint density at radius 2 is 1.58 bits per heavy atom. The Morgan fingerprint density at radius 1 is 1.05 bits per heavy atom. The summed E-state index contributed by atoms with van der Waals surface area (Å²) in [6.07, 6.45) is -4.49. The van der Waals surface area contributed by atoms with Gasteiger partial charge in [-0.15, -0.1) is 0 Å². The predicted molar refractivity (Wildman–Crippen MR) is 68.6 cm³/mol. The first-order valence-electron chi connectivity index (χ1n) is 6.51. The Balaban J connectivity index is 0.000000250. The van der Waals surface area contributed by atoms with Crippen LogP contribution in [0.4, 0.5) is 0 Å². The van der Waals surface area contributed by atoms with Gasteiger partial charge in [-0.3, -0.25) is 0 Å². The van der Waals surface area contributed by atoms with E-state index in [0.29, 0.717) is 0 Å². The van der Waals surface area contributed by atoms with Gasteiger partial charge in [-0.2, -0.15) is 0 Å². The zero-order valence-electron chi connectivity index (χ0n) is 11.1. The molecule has 0 amide bonds. The Morgan fingerprint density at radius 3 is 1.95 bits per heavy atom. The van der Waals surface area contributed by atoms with Crippen LogP contribution < -0.4 is 16.0 Å². The third kappa shape index (κ3) is 4.93. The summed E-state index contributed by atoms with van der Waals surface area (Å²) >= 11 is 0. The molecule has 2 heterocycles. The molecule has 19 heavy (non-hydrogen) atoms. The maximum absolute atomic E-state index is 9.45. The first-order valence-corrected chi connectivity index (χ1v) is 6.51. The molecule has 0 saturated carbocycles. The Labute approximate surface area is 112 Å². The fourth-order valence-corrected chi connectivity index (χ4v) is 2.01. The van der Waals surface area contributed by atoms with E-state index in [1.54, 1.807) is 0 Å². The van der Waals surface area contributed by atoms with E-state index < -0.39 is 37.3 Å². The minimum Gasteiger partial charge on any atom is -0.394 e. The molecule has 0 radical (unpaired) electrons. The third-order valence-electron chi connectivity index (χ3n) is 3.19. The minimum atomic E-state index is -1.22. The van der Waals surface area contributed by atoms with Crippen LogP contribution in [0.3, 0.4) is 0 Å². The van der Waals surface area contributed by atoms with Gasteiger partial charge < -0.3 is 41.1 Å². The second-order valence-corrected chi connectivity index (χ2v) is 4.54. The van der Waals surface area contributed by atoms with Crippen LogP contribution in [0.1, 0.15) is 0 Å². The number of hydrogen-bond donors (Lipinski definition) is 7. The van der Waals surface area contributed by atoms with Gasteiger partial charge in [0.2, 0.25) is 0 Å². The summed E-state index contributed by atoms with van der Waals surface area (Å²) in [5.41, 5.74) is 0. The summed E-state index contributed by atoms with van der Waals surface area (Å²) in [4.78, 5) is 0. The summed E-state index contributed by atoms with van der Waals surface area (Å²) in [5, 5.41) is 45.9. The third-order valence-corrected chi connectivity index (χ3v) is 3.19. The highest BCUT2D eigenvalue weighted by Crippen LogP contribution is 2.18. The second-order valence-electron chi connectivity index (χ2n) is 4.54. The zero-order valence-corrected chi connectivity index (χ0v) is 11.1. The molecule has 2 aliphatic rings. The smallest absolute Gasteiger partial charge is 0.173 e. The van der Waals surface area contributed by atoms with Gasteiger partial charge in [-0.1, -0.05) is 0 Å². The van der Waals surface area contributed by atoms with Crippen molar-refractivity contribution in [2.45, 2.75) is 30.6 Å². The van der Waals surface area contributed by atoms with Crippen LogP contribution in [0.5, 0.6) is 0 Å². The van der Waals surface area contributed by atoms with Crippen molar-refractivity contribution in [1.82, 2.24) is 16.0 Å². The predicted octanol–water partition coefficient (Wildman–Crippen LogP) is -3.82. The van der Waals surface area contributed by atoms with Crippen LogP contribution >= 0.6 is 0 Å². The number of rotatable bonds is 2. The Kier molecular flexibility index (Phi) is 7.73. The Bertz CT molecular complexity index is 231. The van der Waals surface area contributed by atoms with Crippen molar-refractivity contribution in [2.75, 3.05) is 39.8 Å². The van der Waals surface area contributed by atoms with Crippen LogP contribution in [0, 0.1) is 0 Å². The topological polar surface area (TPSA) is 126 Å². The summed E-state index contributed by atoms with van der Waals surface area (Å²) in [5.74, 6) is 0. The average Bonchev–Trinajstić information content (AvgIpc) is 2.46. The zero-order chi connectivity index (χ0) is 14.3. The molecular weight excluding hydrogens is 254 g/mol. The molecule has 5 atom stereocenters. The lowest BCUT2D eigenvalue weighted by Gasteiger charge is -2.39. The van der Waals surface area contributed by atoms with Crippen molar-refractivity contribution >= 4 is 0 Å². The van der Waals surface area contributed by atoms with Crippen LogP contribution in [0.2, 0.25) is 0 Å². The lowest BCUT2D eigenvalue weighted by molar-refractivity contribution is -0.253. The lowest BCUT2D eigenvalue weighted by atomic mass is 9.97. The summed E-state index contributed by atoms with van der Waals surface area (Å²) in [6.45, 7) is 4.12. The molecule has 1 unspecified atom stereocenters. The van der Waals surface area contributed by atoms with Crippen molar-refractivity contribution in [1.29, 1.82) is 0 Å². The van der Waals surface area contributed by atoms with Crippen molar-refractivity contribution < 1.29 is 25.2 Å². The van der Waals surface area contributed by atoms with Gasteiger partial charge in [-0.25, -0.2) is 0 Å². The quantitative estimate of drug-likeness (QED) is 0.274. The molecule has 2 saturated heterocycles. The second kappa shape index (κ2) is 8.77. The molecule has 8 nitrogen and oxygen atoms in total. The highest BCUT2D eigenvalue weighted by atomic mass is 16.6. The number of hydrogen-bond acceptors (Lipinski definition) is 8. The molecule has 0 aromatic heterocycles. The number of piperazine rings is 1. The van der Waals surface area contributed by atoms with Gasteiger partial charge in [0.05, 0.1) is 12.6 Å². The fourth-order valence-electron chi connectivity index (χ4n) is 2.01. The van der Waals surface area contributed by atoms with Gasteiger partial charge in [0.15, 0.2) is 6.29 Å². The van der Waals surface area contributed by atoms with Crippen LogP contribution in [-0.4, -0.2) is 90.9 Å². The number of nitrogens with one attached hydrogen (secondary N) is 3. The number of aliphatic hydroxyl groups excluding tert-OH is 4. The van der Waals surface area contributed by atoms with Crippen LogP contribution in [-0.2, 0) is 4.74 Å². The largest absolute Gasteiger partial charge is 0.394 e. The van der Waals surface area contributed by atoms with E-state index in [9.17, 15) is 15.3 Å². The first kappa shape index (κ1) is 16.7. The van der Waals surface area contributed by atoms with Crippen LogP contribution in [0.25, 0.3) is 0 Å². The van der Waals surface area contributed by atoms with Gasteiger partial charge in [0, 0.05) is 26.2 Å². The van der Waals surface area contributed by atoms with E-state index in [-0.39, 0.29) is 0 Å². The molecule has 114 valence electrons. The maximum atomic E-state index is 9.45. The number of aliphatic hydroxyl groups is 4. The normalized spacial score (nSPS) is 39.3. The van der Waals surface area contributed by atoms with Crippen molar-refractivity contribution in [3.8, 4) is 0 Å². The molecular formula is C11H25N3O5. The highest BCUT2D eigenvalue weighted by molar-refractivity contribution is 4.91. The molecule has 2 fully saturated rings. The standard InChI is InChI=1S/C7H15NO5.C4H10N2/c1-8-4-6(11)5(10)3(2-9)13-7(4)12;1-2-6-4-3-5-1/h3-12H,2H2,1H3;5-6H,1-4H2/t3-,4-,5-,6-,7?;/m1./s1. The van der Waals surface area contributed by atoms with E-state index in [0.717, 1.165) is 26.2 Å². The molecule has 0 bridgehead atoms. The van der Waals surface area contributed by atoms with Gasteiger partial charge in [0.1, 0.15) is 18.3 Å². The summed E-state index contributed by atoms with van der Waals surface area (Å²) in [6, 6.07) is -0.738. The van der Waals surface area contributed by atoms with Crippen LogP contribution in [0.15, 0.2) is 0 Å². The fraction of sp³-hybridized carbons (Fsp3) is 1.00. The van der Waals surface area contributed by atoms with Crippen molar-refractivity contribution in [3.05, 3.63) is 0 Å². The maximum Gasteiger partial charge on any atom is 0.173 e. The summed E-state index contributed by atoms with van der Waals surface area (Å²) in [7, 11) is 1.53. The Hall–Kier alpha value is -0.320. The van der Waals surface area contributed by atoms with E-state index in [1.165, 1.54) is 7.05 Å².